The van der Waals surface area contributed by atoms with Gasteiger partial charge in [0.15, 0.2) is 0 Å². The van der Waals surface area contributed by atoms with Gasteiger partial charge in [0, 0.05) is 18.5 Å². The molecule has 0 heterocycles. The lowest BCUT2D eigenvalue weighted by Crippen LogP contribution is -2.50. The van der Waals surface area contributed by atoms with Crippen LogP contribution in [-0.4, -0.2) is 49.9 Å². The standard InChI is InChI=1S/C23H27N3O5/c1-16-8-10-18(11-9-16)22(29)25-15-20(27)26-19(14-17-6-4-3-5-7-17)23(30)24-13-12-21(28)31-2/h3-11,19H,12-15H2,1-2H3,(H,24,30)(H,25,29)(H,26,27)/t19-/m1/s1. The van der Waals surface area contributed by atoms with E-state index in [4.69, 9.17) is 0 Å². The number of methoxy groups -OCH3 is 1. The normalized spacial score (nSPS) is 11.2. The van der Waals surface area contributed by atoms with Gasteiger partial charge in [0.1, 0.15) is 6.04 Å². The fraction of sp³-hybridized carbons (Fsp3) is 0.304. The number of benzene rings is 2. The number of esters is 1. The van der Waals surface area contributed by atoms with Crippen LogP contribution < -0.4 is 16.0 Å². The van der Waals surface area contributed by atoms with Crippen LogP contribution in [0.15, 0.2) is 54.6 Å². The molecule has 0 saturated heterocycles. The molecular weight excluding hydrogens is 398 g/mol. The topological polar surface area (TPSA) is 114 Å². The van der Waals surface area contributed by atoms with Crippen LogP contribution in [0.3, 0.4) is 0 Å². The average Bonchev–Trinajstić information content (AvgIpc) is 2.78. The van der Waals surface area contributed by atoms with Crippen LogP contribution in [0.4, 0.5) is 0 Å². The maximum absolute atomic E-state index is 12.6. The second kappa shape index (κ2) is 12.1. The minimum atomic E-state index is -0.858. The van der Waals surface area contributed by atoms with Crippen LogP contribution in [-0.2, 0) is 25.5 Å². The van der Waals surface area contributed by atoms with Crippen molar-refractivity contribution in [2.75, 3.05) is 20.2 Å². The zero-order chi connectivity index (χ0) is 22.6. The van der Waals surface area contributed by atoms with E-state index in [9.17, 15) is 19.2 Å². The summed E-state index contributed by atoms with van der Waals surface area (Å²) in [6.07, 6.45) is 0.295. The van der Waals surface area contributed by atoms with Crippen LogP contribution in [0.5, 0.6) is 0 Å². The molecule has 0 aromatic heterocycles. The van der Waals surface area contributed by atoms with Gasteiger partial charge in [-0.3, -0.25) is 19.2 Å². The Morgan fingerprint density at radius 2 is 1.61 bits per heavy atom. The van der Waals surface area contributed by atoms with Gasteiger partial charge >= 0.3 is 5.97 Å². The first-order valence-corrected chi connectivity index (χ1v) is 9.91. The summed E-state index contributed by atoms with van der Waals surface area (Å²) in [7, 11) is 1.27. The van der Waals surface area contributed by atoms with E-state index in [1.165, 1.54) is 7.11 Å². The maximum atomic E-state index is 12.6. The third-order valence-electron chi connectivity index (χ3n) is 4.51. The lowest BCUT2D eigenvalue weighted by atomic mass is 10.1. The SMILES string of the molecule is COC(=O)CCNC(=O)[C@@H](Cc1ccccc1)NC(=O)CNC(=O)c1ccc(C)cc1. The number of amides is 3. The summed E-state index contributed by atoms with van der Waals surface area (Å²) in [5, 5.41) is 7.83. The molecule has 2 rings (SSSR count). The average molecular weight is 425 g/mol. The molecule has 0 spiro atoms. The van der Waals surface area contributed by atoms with Crippen molar-refractivity contribution in [1.29, 1.82) is 0 Å². The molecule has 0 aliphatic rings. The molecule has 3 amide bonds. The van der Waals surface area contributed by atoms with Gasteiger partial charge in [-0.2, -0.15) is 0 Å². The number of aryl methyl sites for hydroxylation is 1. The Balaban J connectivity index is 1.94. The summed E-state index contributed by atoms with van der Waals surface area (Å²) < 4.78 is 4.55. The first-order chi connectivity index (χ1) is 14.9. The number of ether oxygens (including phenoxy) is 1. The second-order valence-electron chi connectivity index (χ2n) is 6.98. The van der Waals surface area contributed by atoms with Crippen LogP contribution in [0.1, 0.15) is 27.9 Å². The molecule has 0 aliphatic heterocycles. The van der Waals surface area contributed by atoms with E-state index in [-0.39, 0.29) is 31.8 Å². The molecule has 2 aromatic carbocycles. The first-order valence-electron chi connectivity index (χ1n) is 9.91. The Morgan fingerprint density at radius 3 is 2.26 bits per heavy atom. The molecule has 8 heteroatoms. The Kier molecular flexibility index (Phi) is 9.22. The monoisotopic (exact) mass is 425 g/mol. The molecule has 0 aliphatic carbocycles. The number of rotatable bonds is 10. The zero-order valence-corrected chi connectivity index (χ0v) is 17.6. The van der Waals surface area contributed by atoms with E-state index in [1.54, 1.807) is 12.1 Å². The fourth-order valence-electron chi connectivity index (χ4n) is 2.79. The van der Waals surface area contributed by atoms with Gasteiger partial charge in [-0.25, -0.2) is 0 Å². The number of carbonyl (C=O) groups excluding carboxylic acids is 4. The Morgan fingerprint density at radius 1 is 0.935 bits per heavy atom. The fourth-order valence-corrected chi connectivity index (χ4v) is 2.79. The molecule has 0 bridgehead atoms. The molecule has 0 radical (unpaired) electrons. The minimum Gasteiger partial charge on any atom is -0.469 e. The summed E-state index contributed by atoms with van der Waals surface area (Å²) in [4.78, 5) is 48.4. The Hall–Kier alpha value is -3.68. The summed E-state index contributed by atoms with van der Waals surface area (Å²) >= 11 is 0. The van der Waals surface area contributed by atoms with Crippen molar-refractivity contribution in [2.24, 2.45) is 0 Å². The summed E-state index contributed by atoms with van der Waals surface area (Å²) in [5.74, 6) is -1.74. The van der Waals surface area contributed by atoms with Gasteiger partial charge in [0.05, 0.1) is 20.1 Å². The number of nitrogens with one attached hydrogen (secondary N) is 3. The van der Waals surface area contributed by atoms with Crippen LogP contribution in [0, 0.1) is 6.92 Å². The highest BCUT2D eigenvalue weighted by molar-refractivity contribution is 5.97. The highest BCUT2D eigenvalue weighted by Crippen LogP contribution is 2.05. The lowest BCUT2D eigenvalue weighted by Gasteiger charge is -2.19. The van der Waals surface area contributed by atoms with Crippen molar-refractivity contribution >= 4 is 23.7 Å². The van der Waals surface area contributed by atoms with Crippen molar-refractivity contribution in [3.8, 4) is 0 Å². The van der Waals surface area contributed by atoms with Crippen molar-refractivity contribution < 1.29 is 23.9 Å². The molecule has 3 N–H and O–H groups in total. The maximum Gasteiger partial charge on any atom is 0.307 e. The quantitative estimate of drug-likeness (QED) is 0.494. The number of hydrogen-bond acceptors (Lipinski definition) is 5. The third-order valence-corrected chi connectivity index (χ3v) is 4.51. The Labute approximate surface area is 181 Å². The first kappa shape index (κ1) is 23.6. The highest BCUT2D eigenvalue weighted by Gasteiger charge is 2.21. The molecule has 0 saturated carbocycles. The van der Waals surface area contributed by atoms with Gasteiger partial charge in [-0.1, -0.05) is 48.0 Å². The van der Waals surface area contributed by atoms with Crippen molar-refractivity contribution in [3.63, 3.8) is 0 Å². The van der Waals surface area contributed by atoms with E-state index in [0.717, 1.165) is 11.1 Å². The van der Waals surface area contributed by atoms with Gasteiger partial charge in [-0.05, 0) is 24.6 Å². The van der Waals surface area contributed by atoms with Crippen molar-refractivity contribution in [2.45, 2.75) is 25.8 Å². The van der Waals surface area contributed by atoms with Gasteiger partial charge in [0.2, 0.25) is 11.8 Å². The third kappa shape index (κ3) is 8.30. The molecule has 164 valence electrons. The highest BCUT2D eigenvalue weighted by atomic mass is 16.5. The zero-order valence-electron chi connectivity index (χ0n) is 17.6. The molecule has 0 fully saturated rings. The number of carbonyl (C=O) groups is 4. The van der Waals surface area contributed by atoms with Crippen molar-refractivity contribution in [1.82, 2.24) is 16.0 Å². The molecular formula is C23H27N3O5. The second-order valence-corrected chi connectivity index (χ2v) is 6.98. The molecule has 1 atom stereocenters. The molecule has 8 nitrogen and oxygen atoms in total. The van der Waals surface area contributed by atoms with E-state index >= 15 is 0 Å². The molecule has 0 unspecified atom stereocenters. The summed E-state index contributed by atoms with van der Waals surface area (Å²) in [6.45, 7) is 1.74. The predicted molar refractivity (Wildman–Crippen MR) is 115 cm³/mol. The van der Waals surface area contributed by atoms with E-state index in [2.05, 4.69) is 20.7 Å². The van der Waals surface area contributed by atoms with E-state index < -0.39 is 23.8 Å². The lowest BCUT2D eigenvalue weighted by molar-refractivity contribution is -0.140. The van der Waals surface area contributed by atoms with Gasteiger partial charge in [0.25, 0.3) is 5.91 Å². The van der Waals surface area contributed by atoms with E-state index in [1.807, 2.05) is 49.4 Å². The largest absolute Gasteiger partial charge is 0.469 e. The van der Waals surface area contributed by atoms with Crippen molar-refractivity contribution in [3.05, 3.63) is 71.3 Å². The predicted octanol–water partition coefficient (Wildman–Crippen LogP) is 1.13. The molecule has 2 aromatic rings. The number of hydrogen-bond donors (Lipinski definition) is 3. The molecule has 31 heavy (non-hydrogen) atoms. The van der Waals surface area contributed by atoms with E-state index in [0.29, 0.717) is 5.56 Å². The van der Waals surface area contributed by atoms with Crippen LogP contribution >= 0.6 is 0 Å². The summed E-state index contributed by atoms with van der Waals surface area (Å²) in [6, 6.07) is 15.3. The summed E-state index contributed by atoms with van der Waals surface area (Å²) in [5.41, 5.74) is 2.33. The van der Waals surface area contributed by atoms with Gasteiger partial charge in [-0.15, -0.1) is 0 Å². The van der Waals surface area contributed by atoms with Gasteiger partial charge < -0.3 is 20.7 Å². The smallest absolute Gasteiger partial charge is 0.307 e. The Bertz CT molecular complexity index is 897. The van der Waals surface area contributed by atoms with Crippen LogP contribution in [0.25, 0.3) is 0 Å². The van der Waals surface area contributed by atoms with Crippen LogP contribution in [0.2, 0.25) is 0 Å². The minimum absolute atomic E-state index is 0.0286.